The normalized spacial score (nSPS) is 10.0. The van der Waals surface area contributed by atoms with Crippen LogP contribution in [0.3, 0.4) is 0 Å². The molecule has 2 rings (SSSR count). The highest BCUT2D eigenvalue weighted by atomic mass is 16.6. The maximum absolute atomic E-state index is 11.8. The number of nitro groups is 1. The molecule has 24 heavy (non-hydrogen) atoms. The molecule has 2 aromatic carbocycles. The lowest BCUT2D eigenvalue weighted by molar-refractivity contribution is -0.385. The maximum atomic E-state index is 11.8. The molecule has 0 aromatic heterocycles. The largest absolute Gasteiger partial charge is 0.477 e. The van der Waals surface area contributed by atoms with Crippen LogP contribution in [0.5, 0.6) is 5.75 Å². The summed E-state index contributed by atoms with van der Waals surface area (Å²) in [6, 6.07) is 12.4. The van der Waals surface area contributed by atoms with Crippen molar-refractivity contribution in [3.05, 3.63) is 64.2 Å². The van der Waals surface area contributed by atoms with Gasteiger partial charge in [-0.2, -0.15) is 0 Å². The first-order valence-corrected chi connectivity index (χ1v) is 6.99. The van der Waals surface area contributed by atoms with Crippen molar-refractivity contribution in [1.82, 2.24) is 0 Å². The number of nitrogens with one attached hydrogen (secondary N) is 1. The number of benzene rings is 2. The van der Waals surface area contributed by atoms with Gasteiger partial charge in [0.1, 0.15) is 0 Å². The summed E-state index contributed by atoms with van der Waals surface area (Å²) in [4.78, 5) is 32.9. The van der Waals surface area contributed by atoms with Crippen LogP contribution < -0.4 is 15.8 Å². The molecule has 0 saturated heterocycles. The molecule has 124 valence electrons. The Morgan fingerprint density at radius 2 is 1.79 bits per heavy atom. The van der Waals surface area contributed by atoms with Crippen molar-refractivity contribution in [2.24, 2.45) is 5.73 Å². The number of carbonyl (C=O) groups is 2. The van der Waals surface area contributed by atoms with Gasteiger partial charge in [0.25, 0.3) is 5.91 Å². The molecule has 0 saturated carbocycles. The molecule has 0 heterocycles. The topological polar surface area (TPSA) is 125 Å². The number of primary amides is 1. The molecule has 3 N–H and O–H groups in total. The lowest BCUT2D eigenvalue weighted by atomic mass is 10.1. The van der Waals surface area contributed by atoms with Gasteiger partial charge in [-0.3, -0.25) is 19.7 Å². The SMILES string of the molecule is NC(=O)Cc1ccc(NC(=O)COc2ccccc2[N+](=O)[O-])cc1. The molecule has 0 fully saturated rings. The number of hydrogen-bond acceptors (Lipinski definition) is 5. The summed E-state index contributed by atoms with van der Waals surface area (Å²) in [5.41, 5.74) is 6.14. The van der Waals surface area contributed by atoms with Gasteiger partial charge in [-0.15, -0.1) is 0 Å². The van der Waals surface area contributed by atoms with Crippen molar-refractivity contribution in [1.29, 1.82) is 0 Å². The Labute approximate surface area is 137 Å². The van der Waals surface area contributed by atoms with E-state index in [9.17, 15) is 19.7 Å². The van der Waals surface area contributed by atoms with E-state index in [2.05, 4.69) is 5.32 Å². The van der Waals surface area contributed by atoms with Crippen molar-refractivity contribution in [2.75, 3.05) is 11.9 Å². The zero-order valence-electron chi connectivity index (χ0n) is 12.6. The summed E-state index contributed by atoms with van der Waals surface area (Å²) < 4.78 is 5.19. The third kappa shape index (κ3) is 4.80. The molecule has 0 aliphatic rings. The first-order chi connectivity index (χ1) is 11.5. The Morgan fingerprint density at radius 3 is 2.42 bits per heavy atom. The van der Waals surface area contributed by atoms with Gasteiger partial charge in [0.05, 0.1) is 11.3 Å². The lowest BCUT2D eigenvalue weighted by Crippen LogP contribution is -2.20. The van der Waals surface area contributed by atoms with Crippen LogP contribution >= 0.6 is 0 Å². The van der Waals surface area contributed by atoms with E-state index in [1.807, 2.05) is 0 Å². The van der Waals surface area contributed by atoms with Crippen LogP contribution in [0.15, 0.2) is 48.5 Å². The fourth-order valence-corrected chi connectivity index (χ4v) is 1.98. The Kier molecular flexibility index (Phi) is 5.45. The van der Waals surface area contributed by atoms with E-state index < -0.39 is 16.7 Å². The second-order valence-corrected chi connectivity index (χ2v) is 4.90. The zero-order valence-corrected chi connectivity index (χ0v) is 12.6. The number of para-hydroxylation sites is 2. The molecule has 0 radical (unpaired) electrons. The Balaban J connectivity index is 1.92. The van der Waals surface area contributed by atoms with Gasteiger partial charge < -0.3 is 15.8 Å². The number of rotatable bonds is 7. The Bertz CT molecular complexity index is 759. The molecule has 0 unspecified atom stereocenters. The molecule has 8 nitrogen and oxygen atoms in total. The first kappa shape index (κ1) is 16.9. The minimum Gasteiger partial charge on any atom is -0.477 e. The van der Waals surface area contributed by atoms with Crippen LogP contribution in [-0.2, 0) is 16.0 Å². The Hall–Kier alpha value is -3.42. The van der Waals surface area contributed by atoms with Crippen LogP contribution in [0, 0.1) is 10.1 Å². The van der Waals surface area contributed by atoms with Gasteiger partial charge in [0.2, 0.25) is 5.91 Å². The van der Waals surface area contributed by atoms with Gasteiger partial charge in [-0.05, 0) is 23.8 Å². The van der Waals surface area contributed by atoms with Gasteiger partial charge in [0, 0.05) is 11.8 Å². The predicted molar refractivity (Wildman–Crippen MR) is 86.6 cm³/mol. The zero-order chi connectivity index (χ0) is 17.5. The van der Waals surface area contributed by atoms with Crippen LogP contribution in [0.25, 0.3) is 0 Å². The van der Waals surface area contributed by atoms with Crippen LogP contribution in [0.1, 0.15) is 5.56 Å². The number of nitro benzene ring substituents is 1. The van der Waals surface area contributed by atoms with Crippen molar-refractivity contribution in [3.8, 4) is 5.75 Å². The van der Waals surface area contributed by atoms with Crippen molar-refractivity contribution < 1.29 is 19.2 Å². The molecule has 2 amide bonds. The second kappa shape index (κ2) is 7.73. The van der Waals surface area contributed by atoms with E-state index in [0.29, 0.717) is 5.69 Å². The Morgan fingerprint density at radius 1 is 1.12 bits per heavy atom. The third-order valence-electron chi connectivity index (χ3n) is 3.04. The lowest BCUT2D eigenvalue weighted by Gasteiger charge is -2.08. The van der Waals surface area contributed by atoms with Gasteiger partial charge >= 0.3 is 5.69 Å². The highest BCUT2D eigenvalue weighted by Gasteiger charge is 2.14. The van der Waals surface area contributed by atoms with Crippen LogP contribution in [0.4, 0.5) is 11.4 Å². The van der Waals surface area contributed by atoms with E-state index in [-0.39, 0.29) is 24.5 Å². The fraction of sp³-hybridized carbons (Fsp3) is 0.125. The average Bonchev–Trinajstić information content (AvgIpc) is 2.54. The minimum atomic E-state index is -0.579. The molecule has 0 aliphatic carbocycles. The molecule has 0 aliphatic heterocycles. The number of ether oxygens (including phenoxy) is 1. The highest BCUT2D eigenvalue weighted by molar-refractivity contribution is 5.92. The molecule has 0 spiro atoms. The summed E-state index contributed by atoms with van der Waals surface area (Å²) in [5, 5.41) is 13.4. The minimum absolute atomic E-state index is 0.0226. The molecular weight excluding hydrogens is 314 g/mol. The number of nitrogens with zero attached hydrogens (tertiary/aromatic N) is 1. The third-order valence-corrected chi connectivity index (χ3v) is 3.04. The maximum Gasteiger partial charge on any atom is 0.310 e. The summed E-state index contributed by atoms with van der Waals surface area (Å²) in [5.74, 6) is -0.880. The van der Waals surface area contributed by atoms with E-state index >= 15 is 0 Å². The van der Waals surface area contributed by atoms with Crippen molar-refractivity contribution in [3.63, 3.8) is 0 Å². The average molecular weight is 329 g/mol. The number of carbonyl (C=O) groups excluding carboxylic acids is 2. The standard InChI is InChI=1S/C16H15N3O5/c17-15(20)9-11-5-7-12(8-6-11)18-16(21)10-24-14-4-2-1-3-13(14)19(22)23/h1-8H,9-10H2,(H2,17,20)(H,18,21). The number of nitrogens with two attached hydrogens (primary N) is 1. The van der Waals surface area contributed by atoms with E-state index in [1.54, 1.807) is 30.3 Å². The number of anilines is 1. The van der Waals surface area contributed by atoms with Gasteiger partial charge in [-0.1, -0.05) is 24.3 Å². The van der Waals surface area contributed by atoms with Crippen molar-refractivity contribution in [2.45, 2.75) is 6.42 Å². The molecule has 8 heteroatoms. The quantitative estimate of drug-likeness (QED) is 0.590. The number of amides is 2. The molecular formula is C16H15N3O5. The van der Waals surface area contributed by atoms with Crippen molar-refractivity contribution >= 4 is 23.2 Å². The number of hydrogen-bond donors (Lipinski definition) is 2. The first-order valence-electron chi connectivity index (χ1n) is 6.99. The monoisotopic (exact) mass is 329 g/mol. The summed E-state index contributed by atoms with van der Waals surface area (Å²) in [7, 11) is 0. The molecule has 0 atom stereocenters. The van der Waals surface area contributed by atoms with Crippen LogP contribution in [-0.4, -0.2) is 23.3 Å². The predicted octanol–water partition coefficient (Wildman–Crippen LogP) is 1.64. The summed E-state index contributed by atoms with van der Waals surface area (Å²) >= 11 is 0. The van der Waals surface area contributed by atoms with E-state index in [1.165, 1.54) is 18.2 Å². The molecule has 2 aromatic rings. The van der Waals surface area contributed by atoms with E-state index in [4.69, 9.17) is 10.5 Å². The second-order valence-electron chi connectivity index (χ2n) is 4.90. The molecule has 0 bridgehead atoms. The fourth-order valence-electron chi connectivity index (χ4n) is 1.98. The van der Waals surface area contributed by atoms with Gasteiger partial charge in [-0.25, -0.2) is 0 Å². The van der Waals surface area contributed by atoms with E-state index in [0.717, 1.165) is 5.56 Å². The smallest absolute Gasteiger partial charge is 0.310 e. The summed E-state index contributed by atoms with van der Waals surface area (Å²) in [6.45, 7) is -0.367. The summed E-state index contributed by atoms with van der Waals surface area (Å²) in [6.07, 6.45) is 0.120. The van der Waals surface area contributed by atoms with Gasteiger partial charge in [0.15, 0.2) is 12.4 Å². The highest BCUT2D eigenvalue weighted by Crippen LogP contribution is 2.25. The van der Waals surface area contributed by atoms with Crippen LogP contribution in [0.2, 0.25) is 0 Å².